The molecule has 1 heteroatoms. The maximum atomic E-state index is 3.55. The molecule has 0 saturated heterocycles. The van der Waals surface area contributed by atoms with Crippen LogP contribution >= 0.6 is 0 Å². The normalized spacial score (nSPS) is 14.9. The van der Waals surface area contributed by atoms with Gasteiger partial charge in [0.05, 0.1) is 0 Å². The van der Waals surface area contributed by atoms with E-state index in [1.54, 1.807) is 0 Å². The van der Waals surface area contributed by atoms with Gasteiger partial charge in [-0.25, -0.2) is 0 Å². The minimum atomic E-state index is 0.648. The Morgan fingerprint density at radius 1 is 1.13 bits per heavy atom. The third-order valence-corrected chi connectivity index (χ3v) is 2.99. The zero-order valence-corrected chi connectivity index (χ0v) is 10.2. The molecule has 1 nitrogen and oxygen atoms in total. The summed E-state index contributed by atoms with van der Waals surface area (Å²) in [6.07, 6.45) is 2.38. The third kappa shape index (κ3) is 4.05. The molecule has 0 aliphatic rings. The standard InChI is InChI=1S/C14H23N/c1-4-14(15-5-2)12(3)11-13-9-7-6-8-10-13/h6-10,12,14-15H,4-5,11H2,1-3H3. The Morgan fingerprint density at radius 2 is 1.80 bits per heavy atom. The smallest absolute Gasteiger partial charge is 0.00931 e. The van der Waals surface area contributed by atoms with Crippen molar-refractivity contribution < 1.29 is 0 Å². The van der Waals surface area contributed by atoms with Crippen LogP contribution in [0.2, 0.25) is 0 Å². The lowest BCUT2D eigenvalue weighted by atomic mass is 9.92. The molecule has 1 rings (SSSR count). The Kier molecular flexibility index (Phi) is 5.41. The minimum absolute atomic E-state index is 0.648. The van der Waals surface area contributed by atoms with Gasteiger partial charge < -0.3 is 5.32 Å². The lowest BCUT2D eigenvalue weighted by Crippen LogP contribution is -2.35. The average molecular weight is 205 g/mol. The van der Waals surface area contributed by atoms with E-state index in [4.69, 9.17) is 0 Å². The molecule has 0 fully saturated rings. The topological polar surface area (TPSA) is 12.0 Å². The van der Waals surface area contributed by atoms with Crippen LogP contribution in [0.1, 0.15) is 32.8 Å². The van der Waals surface area contributed by atoms with Crippen LogP contribution < -0.4 is 5.32 Å². The zero-order valence-electron chi connectivity index (χ0n) is 10.2. The third-order valence-electron chi connectivity index (χ3n) is 2.99. The van der Waals surface area contributed by atoms with Crippen LogP contribution in [0.15, 0.2) is 30.3 Å². The van der Waals surface area contributed by atoms with Crippen molar-refractivity contribution in [2.45, 2.75) is 39.7 Å². The molecule has 2 atom stereocenters. The quantitative estimate of drug-likeness (QED) is 0.751. The maximum absolute atomic E-state index is 3.55. The van der Waals surface area contributed by atoms with Crippen molar-refractivity contribution in [1.82, 2.24) is 5.32 Å². The first-order chi connectivity index (χ1) is 7.27. The van der Waals surface area contributed by atoms with Crippen molar-refractivity contribution >= 4 is 0 Å². The number of hydrogen-bond acceptors (Lipinski definition) is 1. The molecule has 0 spiro atoms. The van der Waals surface area contributed by atoms with Gasteiger partial charge >= 0.3 is 0 Å². The highest BCUT2D eigenvalue weighted by Crippen LogP contribution is 2.14. The van der Waals surface area contributed by atoms with Crippen LogP contribution in [-0.2, 0) is 6.42 Å². The van der Waals surface area contributed by atoms with Crippen molar-refractivity contribution in [2.24, 2.45) is 5.92 Å². The Bertz CT molecular complexity index is 255. The highest BCUT2D eigenvalue weighted by Gasteiger charge is 2.14. The van der Waals surface area contributed by atoms with Crippen LogP contribution in [0.3, 0.4) is 0 Å². The summed E-state index contributed by atoms with van der Waals surface area (Å²) in [5.74, 6) is 0.706. The molecular weight excluding hydrogens is 182 g/mol. The fraction of sp³-hybridized carbons (Fsp3) is 0.571. The Labute approximate surface area is 93.9 Å². The molecule has 0 aliphatic heterocycles. The van der Waals surface area contributed by atoms with Gasteiger partial charge in [0.25, 0.3) is 0 Å². The molecule has 15 heavy (non-hydrogen) atoms. The van der Waals surface area contributed by atoms with Gasteiger partial charge in [-0.3, -0.25) is 0 Å². The van der Waals surface area contributed by atoms with E-state index in [0.29, 0.717) is 12.0 Å². The first kappa shape index (κ1) is 12.3. The van der Waals surface area contributed by atoms with Crippen LogP contribution in [0.5, 0.6) is 0 Å². The zero-order chi connectivity index (χ0) is 11.1. The molecule has 2 unspecified atom stereocenters. The second-order valence-electron chi connectivity index (χ2n) is 4.24. The van der Waals surface area contributed by atoms with Crippen molar-refractivity contribution in [3.63, 3.8) is 0 Å². The monoisotopic (exact) mass is 205 g/mol. The predicted molar refractivity (Wildman–Crippen MR) is 67.1 cm³/mol. The molecule has 1 aromatic rings. The fourth-order valence-electron chi connectivity index (χ4n) is 2.14. The van der Waals surface area contributed by atoms with Gasteiger partial charge in [0.2, 0.25) is 0 Å². The number of hydrogen-bond donors (Lipinski definition) is 1. The van der Waals surface area contributed by atoms with E-state index in [0.717, 1.165) is 6.54 Å². The van der Waals surface area contributed by atoms with Crippen LogP contribution in [0.25, 0.3) is 0 Å². The average Bonchev–Trinajstić information content (AvgIpc) is 2.27. The lowest BCUT2D eigenvalue weighted by Gasteiger charge is -2.23. The summed E-state index contributed by atoms with van der Waals surface area (Å²) >= 11 is 0. The molecule has 0 heterocycles. The molecule has 0 bridgehead atoms. The van der Waals surface area contributed by atoms with Crippen LogP contribution in [-0.4, -0.2) is 12.6 Å². The molecule has 1 N–H and O–H groups in total. The van der Waals surface area contributed by atoms with Crippen LogP contribution in [0.4, 0.5) is 0 Å². The summed E-state index contributed by atoms with van der Waals surface area (Å²) in [6.45, 7) is 7.84. The minimum Gasteiger partial charge on any atom is -0.314 e. The molecule has 0 radical (unpaired) electrons. The summed E-state index contributed by atoms with van der Waals surface area (Å²) in [4.78, 5) is 0. The lowest BCUT2D eigenvalue weighted by molar-refractivity contribution is 0.371. The predicted octanol–water partition coefficient (Wildman–Crippen LogP) is 3.25. The largest absolute Gasteiger partial charge is 0.314 e. The highest BCUT2D eigenvalue weighted by atomic mass is 14.9. The Morgan fingerprint density at radius 3 is 2.33 bits per heavy atom. The molecule has 1 aromatic carbocycles. The summed E-state index contributed by atoms with van der Waals surface area (Å²) < 4.78 is 0. The van der Waals surface area contributed by atoms with E-state index in [2.05, 4.69) is 56.4 Å². The number of nitrogens with one attached hydrogen (secondary N) is 1. The van der Waals surface area contributed by atoms with Crippen molar-refractivity contribution in [3.05, 3.63) is 35.9 Å². The molecule has 0 amide bonds. The van der Waals surface area contributed by atoms with Crippen molar-refractivity contribution in [2.75, 3.05) is 6.54 Å². The second kappa shape index (κ2) is 6.62. The summed E-state index contributed by atoms with van der Waals surface area (Å²) in [5.41, 5.74) is 1.45. The highest BCUT2D eigenvalue weighted by molar-refractivity contribution is 5.15. The van der Waals surface area contributed by atoms with E-state index >= 15 is 0 Å². The first-order valence-electron chi connectivity index (χ1n) is 6.05. The van der Waals surface area contributed by atoms with E-state index in [1.165, 1.54) is 18.4 Å². The van der Waals surface area contributed by atoms with Gasteiger partial charge in [-0.1, -0.05) is 51.1 Å². The van der Waals surface area contributed by atoms with Crippen LogP contribution in [0, 0.1) is 5.92 Å². The molecule has 84 valence electrons. The SMILES string of the molecule is CCNC(CC)C(C)Cc1ccccc1. The first-order valence-corrected chi connectivity index (χ1v) is 6.05. The van der Waals surface area contributed by atoms with Gasteiger partial charge in [-0.2, -0.15) is 0 Å². The van der Waals surface area contributed by atoms with Gasteiger partial charge in [-0.05, 0) is 30.9 Å². The Balaban J connectivity index is 2.50. The van der Waals surface area contributed by atoms with Gasteiger partial charge in [-0.15, -0.1) is 0 Å². The molecular formula is C14H23N. The second-order valence-corrected chi connectivity index (χ2v) is 4.24. The van der Waals surface area contributed by atoms with Crippen molar-refractivity contribution in [1.29, 1.82) is 0 Å². The van der Waals surface area contributed by atoms with Crippen molar-refractivity contribution in [3.8, 4) is 0 Å². The molecule has 0 saturated carbocycles. The Hall–Kier alpha value is -0.820. The van der Waals surface area contributed by atoms with Gasteiger partial charge in [0.15, 0.2) is 0 Å². The van der Waals surface area contributed by atoms with E-state index in [1.807, 2.05) is 0 Å². The van der Waals surface area contributed by atoms with Gasteiger partial charge in [0, 0.05) is 6.04 Å². The van der Waals surface area contributed by atoms with Gasteiger partial charge in [0.1, 0.15) is 0 Å². The molecule has 0 aromatic heterocycles. The van der Waals surface area contributed by atoms with E-state index in [-0.39, 0.29) is 0 Å². The fourth-order valence-corrected chi connectivity index (χ4v) is 2.14. The maximum Gasteiger partial charge on any atom is 0.00931 e. The van der Waals surface area contributed by atoms with E-state index in [9.17, 15) is 0 Å². The number of rotatable bonds is 6. The molecule has 0 aliphatic carbocycles. The summed E-state index contributed by atoms with van der Waals surface area (Å²) in [5, 5.41) is 3.55. The number of benzene rings is 1. The summed E-state index contributed by atoms with van der Waals surface area (Å²) in [6, 6.07) is 11.4. The summed E-state index contributed by atoms with van der Waals surface area (Å²) in [7, 11) is 0. The van der Waals surface area contributed by atoms with E-state index < -0.39 is 0 Å².